The topological polar surface area (TPSA) is 103 Å². The molecule has 6 rings (SSSR count). The zero-order valence-corrected chi connectivity index (χ0v) is 22.0. The Morgan fingerprint density at radius 1 is 1.18 bits per heavy atom. The summed E-state index contributed by atoms with van der Waals surface area (Å²) >= 11 is 12.4. The average molecular weight is 554 g/mol. The van der Waals surface area contributed by atoms with Gasteiger partial charge < -0.3 is 19.1 Å². The third kappa shape index (κ3) is 5.19. The van der Waals surface area contributed by atoms with Crippen LogP contribution in [0.25, 0.3) is 11.0 Å². The molecule has 1 atom stereocenters. The fourth-order valence-corrected chi connectivity index (χ4v) is 5.14. The van der Waals surface area contributed by atoms with Crippen LogP contribution in [0.15, 0.2) is 42.6 Å². The lowest BCUT2D eigenvalue weighted by molar-refractivity contribution is -0.0592. The Morgan fingerprint density at radius 3 is 2.79 bits per heavy atom. The van der Waals surface area contributed by atoms with Crippen molar-refractivity contribution in [3.05, 3.63) is 81.0 Å². The van der Waals surface area contributed by atoms with E-state index in [4.69, 9.17) is 42.6 Å². The van der Waals surface area contributed by atoms with E-state index in [0.29, 0.717) is 35.6 Å². The van der Waals surface area contributed by atoms with Crippen molar-refractivity contribution in [1.29, 1.82) is 0 Å². The van der Waals surface area contributed by atoms with E-state index < -0.39 is 5.97 Å². The van der Waals surface area contributed by atoms with Gasteiger partial charge in [0.1, 0.15) is 17.5 Å². The molecule has 1 saturated heterocycles. The van der Waals surface area contributed by atoms with Crippen molar-refractivity contribution in [2.24, 2.45) is 0 Å². The van der Waals surface area contributed by atoms with Gasteiger partial charge in [0.05, 0.1) is 52.2 Å². The van der Waals surface area contributed by atoms with Gasteiger partial charge in [0.2, 0.25) is 5.88 Å². The molecule has 1 fully saturated rings. The molecule has 196 valence electrons. The number of ether oxygens (including phenoxy) is 2. The van der Waals surface area contributed by atoms with Crippen molar-refractivity contribution in [2.75, 3.05) is 13.2 Å². The average Bonchev–Trinajstić information content (AvgIpc) is 3.21. The summed E-state index contributed by atoms with van der Waals surface area (Å²) in [6.45, 7) is 3.66. The maximum atomic E-state index is 11.6. The fraction of sp³-hybridized carbons (Fsp3) is 0.333. The van der Waals surface area contributed by atoms with Crippen LogP contribution < -0.4 is 4.74 Å². The molecule has 9 nitrogen and oxygen atoms in total. The Labute approximate surface area is 228 Å². The zero-order chi connectivity index (χ0) is 26.2. The third-order valence-electron chi connectivity index (χ3n) is 6.95. The van der Waals surface area contributed by atoms with Gasteiger partial charge in [-0.2, -0.15) is 0 Å². The molecular weight excluding hydrogens is 529 g/mol. The van der Waals surface area contributed by atoms with Crippen molar-refractivity contribution in [3.8, 4) is 5.88 Å². The van der Waals surface area contributed by atoms with E-state index >= 15 is 0 Å². The van der Waals surface area contributed by atoms with Gasteiger partial charge in [-0.3, -0.25) is 9.88 Å². The Hall–Kier alpha value is -3.24. The molecule has 0 unspecified atom stereocenters. The number of aromatic nitrogens is 4. The van der Waals surface area contributed by atoms with Gasteiger partial charge in [-0.1, -0.05) is 23.2 Å². The third-order valence-corrected chi connectivity index (χ3v) is 7.44. The number of hydrogen-bond donors (Lipinski definition) is 1. The number of pyridine rings is 2. The van der Waals surface area contributed by atoms with Gasteiger partial charge >= 0.3 is 5.97 Å². The number of carbonyl (C=O) groups is 1. The van der Waals surface area contributed by atoms with Gasteiger partial charge in [-0.15, -0.1) is 0 Å². The Balaban J connectivity index is 1.22. The van der Waals surface area contributed by atoms with E-state index in [9.17, 15) is 9.90 Å². The summed E-state index contributed by atoms with van der Waals surface area (Å²) in [6.07, 6.45) is 3.47. The highest BCUT2D eigenvalue weighted by Crippen LogP contribution is 2.30. The van der Waals surface area contributed by atoms with Crippen LogP contribution in [0.4, 0.5) is 0 Å². The van der Waals surface area contributed by atoms with Crippen LogP contribution in [-0.2, 0) is 37.4 Å². The molecule has 38 heavy (non-hydrogen) atoms. The molecule has 5 heterocycles. The summed E-state index contributed by atoms with van der Waals surface area (Å²) in [5.41, 5.74) is 4.58. The van der Waals surface area contributed by atoms with E-state index in [1.165, 1.54) is 0 Å². The number of rotatable bonds is 8. The first-order valence-corrected chi connectivity index (χ1v) is 13.2. The Kier molecular flexibility index (Phi) is 6.92. The number of fused-ring (bicyclic) bond motifs is 2. The lowest BCUT2D eigenvalue weighted by Gasteiger charge is -2.30. The SMILES string of the molecule is O=C(O)c1ccc2nc(CN3CCc4cc(Cl)c(OCc5ccc(Cl)cn5)nc4C3)n(C[C@@H]3CCO3)c2c1. The number of benzene rings is 1. The highest BCUT2D eigenvalue weighted by Gasteiger charge is 2.25. The number of carboxylic acid groups (broad SMARTS) is 1. The molecule has 0 aliphatic carbocycles. The van der Waals surface area contributed by atoms with Gasteiger partial charge in [-0.05, 0) is 54.8 Å². The van der Waals surface area contributed by atoms with Crippen molar-refractivity contribution in [1.82, 2.24) is 24.4 Å². The number of halogens is 2. The summed E-state index contributed by atoms with van der Waals surface area (Å²) in [5.74, 6) is 0.295. The minimum atomic E-state index is -0.955. The molecule has 0 amide bonds. The van der Waals surface area contributed by atoms with E-state index in [1.807, 2.05) is 6.07 Å². The van der Waals surface area contributed by atoms with Gasteiger partial charge in [0, 0.05) is 25.9 Å². The molecule has 1 aromatic carbocycles. The molecule has 11 heteroatoms. The largest absolute Gasteiger partial charge is 0.478 e. The predicted molar refractivity (Wildman–Crippen MR) is 142 cm³/mol. The second-order valence-corrected chi connectivity index (χ2v) is 10.4. The second-order valence-electron chi connectivity index (χ2n) is 9.53. The molecule has 2 aliphatic rings. The van der Waals surface area contributed by atoms with E-state index in [-0.39, 0.29) is 18.3 Å². The molecule has 3 aromatic heterocycles. The maximum Gasteiger partial charge on any atom is 0.335 e. The van der Waals surface area contributed by atoms with Crippen LogP contribution in [0, 0.1) is 0 Å². The van der Waals surface area contributed by atoms with Gasteiger partial charge in [0.15, 0.2) is 0 Å². The fourth-order valence-electron chi connectivity index (χ4n) is 4.80. The standard InChI is InChI=1S/C27H25Cl2N5O4/c28-18-2-3-19(30-11-18)15-38-26-21(29)9-16-5-7-33(13-23(16)32-26)14-25-31-22-4-1-17(27(35)36)10-24(22)34(25)12-20-6-8-37-20/h1-4,9-11,20H,5-8,12-15H2,(H,35,36)/t20-/m0/s1. The smallest absolute Gasteiger partial charge is 0.335 e. The van der Waals surface area contributed by atoms with E-state index in [1.54, 1.807) is 36.5 Å². The molecule has 0 radical (unpaired) electrons. The van der Waals surface area contributed by atoms with Gasteiger partial charge in [0.25, 0.3) is 0 Å². The van der Waals surface area contributed by atoms with Gasteiger partial charge in [-0.25, -0.2) is 14.8 Å². The molecule has 4 aromatic rings. The zero-order valence-electron chi connectivity index (χ0n) is 20.4. The molecule has 1 N–H and O–H groups in total. The van der Waals surface area contributed by atoms with Crippen molar-refractivity contribution < 1.29 is 19.4 Å². The van der Waals surface area contributed by atoms with Crippen LogP contribution in [0.5, 0.6) is 5.88 Å². The minimum absolute atomic E-state index is 0.111. The molecule has 0 spiro atoms. The van der Waals surface area contributed by atoms with Crippen molar-refractivity contribution in [2.45, 2.75) is 45.2 Å². The summed E-state index contributed by atoms with van der Waals surface area (Å²) in [5, 5.41) is 10.5. The van der Waals surface area contributed by atoms with Crippen molar-refractivity contribution >= 4 is 40.2 Å². The summed E-state index contributed by atoms with van der Waals surface area (Å²) in [7, 11) is 0. The number of hydrogen-bond acceptors (Lipinski definition) is 7. The number of carboxylic acids is 1. The first kappa shape index (κ1) is 25.1. The predicted octanol–water partition coefficient (Wildman–Crippen LogP) is 4.76. The normalized spacial score (nSPS) is 17.3. The maximum absolute atomic E-state index is 11.6. The van der Waals surface area contributed by atoms with Crippen LogP contribution in [0.1, 0.15) is 39.6 Å². The summed E-state index contributed by atoms with van der Waals surface area (Å²) in [4.78, 5) is 27.7. The molecule has 2 aliphatic heterocycles. The van der Waals surface area contributed by atoms with Crippen LogP contribution in [0.2, 0.25) is 10.0 Å². The lowest BCUT2D eigenvalue weighted by atomic mass is 10.1. The van der Waals surface area contributed by atoms with Crippen molar-refractivity contribution in [3.63, 3.8) is 0 Å². The number of imidazole rings is 1. The molecule has 0 saturated carbocycles. The number of aromatic carboxylic acids is 1. The van der Waals surface area contributed by atoms with Crippen LogP contribution >= 0.6 is 23.2 Å². The highest BCUT2D eigenvalue weighted by molar-refractivity contribution is 6.32. The first-order valence-electron chi connectivity index (χ1n) is 12.4. The van der Waals surface area contributed by atoms with Crippen LogP contribution in [-0.4, -0.2) is 54.8 Å². The quantitative estimate of drug-likeness (QED) is 0.333. The lowest BCUT2D eigenvalue weighted by Crippen LogP contribution is -2.34. The Bertz CT molecular complexity index is 1500. The summed E-state index contributed by atoms with van der Waals surface area (Å²) in [6, 6.07) is 10.6. The molecular formula is C27H25Cl2N5O4. The van der Waals surface area contributed by atoms with Crippen LogP contribution in [0.3, 0.4) is 0 Å². The number of nitrogens with zero attached hydrogens (tertiary/aromatic N) is 5. The minimum Gasteiger partial charge on any atom is -0.478 e. The van der Waals surface area contributed by atoms with E-state index in [2.05, 4.69) is 14.5 Å². The monoisotopic (exact) mass is 553 g/mol. The first-order chi connectivity index (χ1) is 18.4. The molecule has 0 bridgehead atoms. The summed E-state index contributed by atoms with van der Waals surface area (Å²) < 4.78 is 13.7. The second kappa shape index (κ2) is 10.5. The van der Waals surface area contributed by atoms with E-state index in [0.717, 1.165) is 59.8 Å². The Morgan fingerprint density at radius 2 is 2.05 bits per heavy atom. The highest BCUT2D eigenvalue weighted by atomic mass is 35.5.